The molecule has 0 bridgehead atoms. The Bertz CT molecular complexity index is 1030. The minimum Gasteiger partial charge on any atom is -0.492 e. The van der Waals surface area contributed by atoms with Crippen LogP contribution in [0.15, 0.2) is 36.4 Å². The monoisotopic (exact) mass is 455 g/mol. The summed E-state index contributed by atoms with van der Waals surface area (Å²) in [7, 11) is 0. The molecule has 0 unspecified atom stereocenters. The second-order valence-electron chi connectivity index (χ2n) is 8.30. The first-order valence-corrected chi connectivity index (χ1v) is 11.9. The predicted octanol–water partition coefficient (Wildman–Crippen LogP) is 5.87. The molecule has 1 amide bonds. The summed E-state index contributed by atoms with van der Waals surface area (Å²) < 4.78 is 8.27. The molecular weight excluding hydrogens is 422 g/mol. The zero-order chi connectivity index (χ0) is 23.1. The van der Waals surface area contributed by atoms with Crippen LogP contribution in [0.4, 0.5) is 0 Å². The van der Waals surface area contributed by atoms with Gasteiger partial charge >= 0.3 is 0 Å². The van der Waals surface area contributed by atoms with Gasteiger partial charge in [0.15, 0.2) is 0 Å². The van der Waals surface area contributed by atoms with Gasteiger partial charge in [-0.1, -0.05) is 37.6 Å². The Morgan fingerprint density at radius 3 is 2.53 bits per heavy atom. The van der Waals surface area contributed by atoms with E-state index >= 15 is 0 Å². The van der Waals surface area contributed by atoms with Gasteiger partial charge in [0, 0.05) is 23.9 Å². The van der Waals surface area contributed by atoms with Crippen molar-refractivity contribution in [3.05, 3.63) is 58.4 Å². The number of rotatable bonds is 11. The number of halogens is 1. The summed E-state index contributed by atoms with van der Waals surface area (Å²) in [6.45, 7) is 10.0. The largest absolute Gasteiger partial charge is 0.492 e. The zero-order valence-corrected chi connectivity index (χ0v) is 20.3. The first kappa shape index (κ1) is 24.1. The molecule has 3 aromatic rings. The smallest absolute Gasteiger partial charge is 0.223 e. The Kier molecular flexibility index (Phi) is 8.57. The fourth-order valence-corrected chi connectivity index (χ4v) is 4.18. The molecule has 0 aliphatic heterocycles. The van der Waals surface area contributed by atoms with Crippen LogP contribution in [0, 0.1) is 19.8 Å². The molecule has 6 heteroatoms. The number of aryl methyl sites for hydroxylation is 3. The van der Waals surface area contributed by atoms with Crippen molar-refractivity contribution in [2.45, 2.75) is 59.9 Å². The van der Waals surface area contributed by atoms with Gasteiger partial charge in [0.25, 0.3) is 0 Å². The van der Waals surface area contributed by atoms with Crippen LogP contribution in [0.5, 0.6) is 5.75 Å². The van der Waals surface area contributed by atoms with Crippen molar-refractivity contribution in [2.24, 2.45) is 5.92 Å². The molecular formula is C26H34ClN3O2. The molecule has 0 saturated heterocycles. The van der Waals surface area contributed by atoms with Crippen molar-refractivity contribution < 1.29 is 9.53 Å². The summed E-state index contributed by atoms with van der Waals surface area (Å²) in [6.07, 6.45) is 3.41. The summed E-state index contributed by atoms with van der Waals surface area (Å²) in [5, 5.41) is 3.86. The zero-order valence-electron chi connectivity index (χ0n) is 19.6. The highest BCUT2D eigenvalue weighted by Gasteiger charge is 2.14. The van der Waals surface area contributed by atoms with Crippen LogP contribution in [0.1, 0.15) is 50.1 Å². The number of ether oxygens (including phenoxy) is 1. The van der Waals surface area contributed by atoms with Crippen molar-refractivity contribution in [3.8, 4) is 5.75 Å². The first-order valence-electron chi connectivity index (χ1n) is 11.6. The topological polar surface area (TPSA) is 56.2 Å². The van der Waals surface area contributed by atoms with Gasteiger partial charge in [-0.05, 0) is 68.5 Å². The number of hydrogen-bond acceptors (Lipinski definition) is 3. The molecule has 0 radical (unpaired) electrons. The van der Waals surface area contributed by atoms with E-state index in [9.17, 15) is 4.79 Å². The van der Waals surface area contributed by atoms with Crippen molar-refractivity contribution in [2.75, 3.05) is 13.2 Å². The van der Waals surface area contributed by atoms with Crippen LogP contribution in [0.3, 0.4) is 0 Å². The molecule has 0 aliphatic carbocycles. The lowest BCUT2D eigenvalue weighted by atomic mass is 10.0. The first-order chi connectivity index (χ1) is 15.4. The molecule has 5 nitrogen and oxygen atoms in total. The number of carbonyl (C=O) groups excluding carboxylic acids is 1. The molecule has 0 fully saturated rings. The molecule has 0 aliphatic rings. The average Bonchev–Trinajstić information content (AvgIpc) is 3.13. The van der Waals surface area contributed by atoms with E-state index in [2.05, 4.69) is 29.8 Å². The van der Waals surface area contributed by atoms with E-state index in [4.69, 9.17) is 21.3 Å². The normalized spacial score (nSPS) is 11.3. The minimum absolute atomic E-state index is 0.108. The van der Waals surface area contributed by atoms with Crippen LogP contribution in [0.2, 0.25) is 5.02 Å². The number of amides is 1. The summed E-state index contributed by atoms with van der Waals surface area (Å²) >= 11 is 6.27. The number of imidazole rings is 1. The van der Waals surface area contributed by atoms with Gasteiger partial charge < -0.3 is 14.6 Å². The van der Waals surface area contributed by atoms with Gasteiger partial charge in [-0.3, -0.25) is 4.79 Å². The Morgan fingerprint density at radius 2 is 1.84 bits per heavy atom. The van der Waals surface area contributed by atoms with E-state index in [-0.39, 0.29) is 11.8 Å². The van der Waals surface area contributed by atoms with Crippen molar-refractivity contribution >= 4 is 28.5 Å². The quantitative estimate of drug-likeness (QED) is 0.368. The van der Waals surface area contributed by atoms with Gasteiger partial charge in [-0.25, -0.2) is 4.98 Å². The standard InChI is InChI=1S/C26H34ClN3O2/c1-5-20(6-2)26(31)28-13-9-12-24-29-22-10-7-8-11-23(22)30(24)14-15-32-21-16-18(3)25(27)19(4)17-21/h7-8,10-11,16-17,20H,5-6,9,12-15H2,1-4H3,(H,28,31). The summed E-state index contributed by atoms with van der Waals surface area (Å²) in [5.74, 6) is 2.12. The number of aromatic nitrogens is 2. The molecule has 2 aromatic carbocycles. The van der Waals surface area contributed by atoms with E-state index in [1.165, 1.54) is 0 Å². The number of benzene rings is 2. The molecule has 3 rings (SSSR count). The lowest BCUT2D eigenvalue weighted by Gasteiger charge is -2.14. The van der Waals surface area contributed by atoms with Gasteiger partial charge in [-0.15, -0.1) is 0 Å². The molecule has 0 saturated carbocycles. The summed E-state index contributed by atoms with van der Waals surface area (Å²) in [4.78, 5) is 17.1. The van der Waals surface area contributed by atoms with Crippen LogP contribution < -0.4 is 10.1 Å². The van der Waals surface area contributed by atoms with Gasteiger partial charge in [0.05, 0.1) is 17.6 Å². The Hall–Kier alpha value is -2.53. The third kappa shape index (κ3) is 5.83. The highest BCUT2D eigenvalue weighted by Crippen LogP contribution is 2.26. The summed E-state index contributed by atoms with van der Waals surface area (Å²) in [5.41, 5.74) is 4.13. The molecule has 1 heterocycles. The SMILES string of the molecule is CCC(CC)C(=O)NCCCc1nc2ccccc2n1CCOc1cc(C)c(Cl)c(C)c1. The number of fused-ring (bicyclic) bond motifs is 1. The van der Waals surface area contributed by atoms with E-state index in [0.29, 0.717) is 19.7 Å². The van der Waals surface area contributed by atoms with E-state index in [0.717, 1.165) is 64.4 Å². The highest BCUT2D eigenvalue weighted by atomic mass is 35.5. The fraction of sp³-hybridized carbons (Fsp3) is 0.462. The third-order valence-electron chi connectivity index (χ3n) is 5.96. The van der Waals surface area contributed by atoms with Gasteiger partial charge in [0.2, 0.25) is 5.91 Å². The summed E-state index contributed by atoms with van der Waals surface area (Å²) in [6, 6.07) is 12.1. The van der Waals surface area contributed by atoms with E-state index < -0.39 is 0 Å². The average molecular weight is 456 g/mol. The lowest BCUT2D eigenvalue weighted by Crippen LogP contribution is -2.31. The molecule has 1 N–H and O–H groups in total. The fourth-order valence-electron chi connectivity index (χ4n) is 4.07. The maximum atomic E-state index is 12.2. The molecule has 0 spiro atoms. The molecule has 32 heavy (non-hydrogen) atoms. The number of nitrogens with zero attached hydrogens (tertiary/aromatic N) is 2. The maximum Gasteiger partial charge on any atom is 0.223 e. The lowest BCUT2D eigenvalue weighted by molar-refractivity contribution is -0.125. The Morgan fingerprint density at radius 1 is 1.16 bits per heavy atom. The molecule has 0 atom stereocenters. The number of carbonyl (C=O) groups is 1. The van der Waals surface area contributed by atoms with Gasteiger partial charge in [-0.2, -0.15) is 0 Å². The van der Waals surface area contributed by atoms with Crippen LogP contribution in [-0.4, -0.2) is 28.6 Å². The van der Waals surface area contributed by atoms with Crippen molar-refractivity contribution in [1.82, 2.24) is 14.9 Å². The Labute approximate surface area is 196 Å². The van der Waals surface area contributed by atoms with Crippen molar-refractivity contribution in [1.29, 1.82) is 0 Å². The predicted molar refractivity (Wildman–Crippen MR) is 132 cm³/mol. The van der Waals surface area contributed by atoms with E-state index in [1.807, 2.05) is 44.2 Å². The van der Waals surface area contributed by atoms with Gasteiger partial charge in [0.1, 0.15) is 18.2 Å². The highest BCUT2D eigenvalue weighted by molar-refractivity contribution is 6.32. The molecule has 1 aromatic heterocycles. The van der Waals surface area contributed by atoms with Crippen molar-refractivity contribution in [3.63, 3.8) is 0 Å². The van der Waals surface area contributed by atoms with E-state index in [1.54, 1.807) is 0 Å². The second-order valence-corrected chi connectivity index (χ2v) is 8.67. The third-order valence-corrected chi connectivity index (χ3v) is 6.56. The van der Waals surface area contributed by atoms with Crippen LogP contribution in [0.25, 0.3) is 11.0 Å². The van der Waals surface area contributed by atoms with Crippen LogP contribution >= 0.6 is 11.6 Å². The Balaban J connectivity index is 1.63. The maximum absolute atomic E-state index is 12.2. The number of nitrogens with one attached hydrogen (secondary N) is 1. The number of hydrogen-bond donors (Lipinski definition) is 1. The second kappa shape index (κ2) is 11.4. The van der Waals surface area contributed by atoms with Crippen LogP contribution in [-0.2, 0) is 17.8 Å². The molecule has 172 valence electrons. The number of para-hydroxylation sites is 2. The minimum atomic E-state index is 0.108.